The van der Waals surface area contributed by atoms with E-state index >= 15 is 0 Å². The van der Waals surface area contributed by atoms with Gasteiger partial charge in [0, 0.05) is 35.9 Å². The van der Waals surface area contributed by atoms with Crippen molar-refractivity contribution in [2.45, 2.75) is 44.7 Å². The molecule has 2 aliphatic rings. The SMILES string of the molecule is O=C(NC1CCCC1)c1ccc(NC(=O)c2n[nH]c3ccc(-c4cncc(CN5CCC5)c4)cc23)cn1. The molecular formula is C28H29N7O2. The summed E-state index contributed by atoms with van der Waals surface area (Å²) in [5.41, 5.74) is 5.06. The van der Waals surface area contributed by atoms with Crippen molar-refractivity contribution in [1.82, 2.24) is 30.4 Å². The molecule has 1 aliphatic carbocycles. The molecule has 1 saturated heterocycles. The molecule has 4 aromatic rings. The molecule has 1 aromatic carbocycles. The molecule has 6 rings (SSSR count). The van der Waals surface area contributed by atoms with Gasteiger partial charge in [-0.25, -0.2) is 4.98 Å². The highest BCUT2D eigenvalue weighted by atomic mass is 16.2. The molecule has 9 heteroatoms. The lowest BCUT2D eigenvalue weighted by Crippen LogP contribution is -2.36. The van der Waals surface area contributed by atoms with Gasteiger partial charge < -0.3 is 10.6 Å². The van der Waals surface area contributed by atoms with E-state index in [4.69, 9.17) is 0 Å². The van der Waals surface area contributed by atoms with Crippen LogP contribution in [-0.4, -0.2) is 56.0 Å². The second-order valence-electron chi connectivity index (χ2n) is 9.89. The largest absolute Gasteiger partial charge is 0.348 e. The maximum absolute atomic E-state index is 13.1. The minimum atomic E-state index is -0.349. The number of aromatic nitrogens is 4. The van der Waals surface area contributed by atoms with Crippen molar-refractivity contribution in [2.75, 3.05) is 18.4 Å². The number of amides is 2. The van der Waals surface area contributed by atoms with Crippen molar-refractivity contribution >= 4 is 28.4 Å². The van der Waals surface area contributed by atoms with Crippen molar-refractivity contribution in [3.8, 4) is 11.1 Å². The first-order valence-electron chi connectivity index (χ1n) is 12.9. The number of hydrogen-bond donors (Lipinski definition) is 3. The number of nitrogens with one attached hydrogen (secondary N) is 3. The van der Waals surface area contributed by atoms with Crippen LogP contribution in [0.3, 0.4) is 0 Å². The molecule has 0 unspecified atom stereocenters. The number of carbonyl (C=O) groups excluding carboxylic acids is 2. The number of nitrogens with zero attached hydrogens (tertiary/aromatic N) is 4. The molecular weight excluding hydrogens is 466 g/mol. The van der Waals surface area contributed by atoms with Crippen LogP contribution in [0.1, 0.15) is 58.6 Å². The number of benzene rings is 1. The fraction of sp³-hybridized carbons (Fsp3) is 0.321. The van der Waals surface area contributed by atoms with E-state index < -0.39 is 0 Å². The van der Waals surface area contributed by atoms with Gasteiger partial charge >= 0.3 is 0 Å². The average Bonchev–Trinajstić information content (AvgIpc) is 3.56. The summed E-state index contributed by atoms with van der Waals surface area (Å²) in [5, 5.41) is 13.8. The molecule has 0 bridgehead atoms. The standard InChI is InChI=1S/C28H29N7O2/c36-27(31-21-4-1-2-5-21)25-9-7-22(16-30-25)32-28(37)26-23-13-19(6-8-24(23)33-34-26)20-12-18(14-29-15-20)17-35-10-3-11-35/h6-9,12-16,21H,1-5,10-11,17H2,(H,31,36)(H,32,37)(H,33,34). The first-order chi connectivity index (χ1) is 18.1. The van der Waals surface area contributed by atoms with Gasteiger partial charge in [-0.05, 0) is 73.8 Å². The van der Waals surface area contributed by atoms with Crippen LogP contribution in [0.2, 0.25) is 0 Å². The van der Waals surface area contributed by atoms with Crippen molar-refractivity contribution < 1.29 is 9.59 Å². The van der Waals surface area contributed by atoms with E-state index in [9.17, 15) is 9.59 Å². The molecule has 2 amide bonds. The number of hydrogen-bond acceptors (Lipinski definition) is 6. The van der Waals surface area contributed by atoms with Gasteiger partial charge in [0.2, 0.25) is 0 Å². The van der Waals surface area contributed by atoms with E-state index in [1.54, 1.807) is 12.1 Å². The van der Waals surface area contributed by atoms with Crippen molar-refractivity contribution in [3.63, 3.8) is 0 Å². The number of carbonyl (C=O) groups is 2. The highest BCUT2D eigenvalue weighted by Crippen LogP contribution is 2.27. The third-order valence-electron chi connectivity index (χ3n) is 7.21. The summed E-state index contributed by atoms with van der Waals surface area (Å²) < 4.78 is 0. The molecule has 4 heterocycles. The van der Waals surface area contributed by atoms with Gasteiger partial charge in [0.1, 0.15) is 5.69 Å². The van der Waals surface area contributed by atoms with E-state index in [1.807, 2.05) is 30.6 Å². The van der Waals surface area contributed by atoms with Gasteiger partial charge in [-0.2, -0.15) is 5.10 Å². The minimum absolute atomic E-state index is 0.181. The van der Waals surface area contributed by atoms with Crippen molar-refractivity contribution in [2.24, 2.45) is 0 Å². The van der Waals surface area contributed by atoms with E-state index in [0.717, 1.165) is 67.3 Å². The molecule has 0 spiro atoms. The predicted octanol–water partition coefficient (Wildman–Crippen LogP) is 4.15. The molecule has 1 saturated carbocycles. The topological polar surface area (TPSA) is 116 Å². The van der Waals surface area contributed by atoms with Crippen LogP contribution in [0.15, 0.2) is 55.0 Å². The fourth-order valence-electron chi connectivity index (χ4n) is 5.02. The fourth-order valence-corrected chi connectivity index (χ4v) is 5.02. The highest BCUT2D eigenvalue weighted by molar-refractivity contribution is 6.11. The Bertz CT molecular complexity index is 1440. The highest BCUT2D eigenvalue weighted by Gasteiger charge is 2.20. The maximum Gasteiger partial charge on any atom is 0.276 e. The van der Waals surface area contributed by atoms with E-state index in [2.05, 4.69) is 41.8 Å². The van der Waals surface area contributed by atoms with Gasteiger partial charge in [-0.3, -0.25) is 24.6 Å². The zero-order valence-corrected chi connectivity index (χ0v) is 20.5. The Labute approximate surface area is 214 Å². The predicted molar refractivity (Wildman–Crippen MR) is 141 cm³/mol. The third kappa shape index (κ3) is 5.08. The molecule has 9 nitrogen and oxygen atoms in total. The summed E-state index contributed by atoms with van der Waals surface area (Å²) in [4.78, 5) is 36.6. The second kappa shape index (κ2) is 10.1. The van der Waals surface area contributed by atoms with Crippen molar-refractivity contribution in [3.05, 3.63) is 71.9 Å². The van der Waals surface area contributed by atoms with Crippen LogP contribution in [-0.2, 0) is 6.54 Å². The van der Waals surface area contributed by atoms with Gasteiger partial charge in [-0.15, -0.1) is 0 Å². The van der Waals surface area contributed by atoms with E-state index in [0.29, 0.717) is 17.1 Å². The zero-order valence-electron chi connectivity index (χ0n) is 20.5. The van der Waals surface area contributed by atoms with Gasteiger partial charge in [-0.1, -0.05) is 18.9 Å². The molecule has 0 radical (unpaired) electrons. The van der Waals surface area contributed by atoms with Crippen LogP contribution < -0.4 is 10.6 Å². The minimum Gasteiger partial charge on any atom is -0.348 e. The zero-order chi connectivity index (χ0) is 25.2. The Kier molecular flexibility index (Phi) is 6.36. The van der Waals surface area contributed by atoms with E-state index in [1.165, 1.54) is 18.2 Å². The molecule has 2 fully saturated rings. The summed E-state index contributed by atoms with van der Waals surface area (Å²) >= 11 is 0. The van der Waals surface area contributed by atoms with Gasteiger partial charge in [0.25, 0.3) is 11.8 Å². The maximum atomic E-state index is 13.1. The average molecular weight is 496 g/mol. The molecule has 3 aromatic heterocycles. The summed E-state index contributed by atoms with van der Waals surface area (Å²) in [5.74, 6) is -0.531. The van der Waals surface area contributed by atoms with Crippen LogP contribution in [0.5, 0.6) is 0 Å². The van der Waals surface area contributed by atoms with Gasteiger partial charge in [0.05, 0.1) is 17.4 Å². The molecule has 188 valence electrons. The Morgan fingerprint density at radius 2 is 1.81 bits per heavy atom. The Morgan fingerprint density at radius 3 is 2.57 bits per heavy atom. The number of aromatic amines is 1. The van der Waals surface area contributed by atoms with Crippen LogP contribution in [0.4, 0.5) is 5.69 Å². The lowest BCUT2D eigenvalue weighted by atomic mass is 10.0. The Balaban J connectivity index is 1.17. The summed E-state index contributed by atoms with van der Waals surface area (Å²) in [6.07, 6.45) is 10.8. The Morgan fingerprint density at radius 1 is 0.946 bits per heavy atom. The quantitative estimate of drug-likeness (QED) is 0.355. The van der Waals surface area contributed by atoms with Crippen LogP contribution in [0, 0.1) is 0 Å². The summed E-state index contributed by atoms with van der Waals surface area (Å²) in [7, 11) is 0. The lowest BCUT2D eigenvalue weighted by molar-refractivity contribution is 0.0932. The number of likely N-dealkylation sites (tertiary alicyclic amines) is 1. The second-order valence-corrected chi connectivity index (χ2v) is 9.89. The number of pyridine rings is 2. The number of rotatable bonds is 7. The first kappa shape index (κ1) is 23.3. The molecule has 1 aliphatic heterocycles. The molecule has 3 N–H and O–H groups in total. The Hall–Kier alpha value is -4.11. The number of fused-ring (bicyclic) bond motifs is 1. The number of anilines is 1. The summed E-state index contributed by atoms with van der Waals surface area (Å²) in [6.45, 7) is 3.17. The van der Waals surface area contributed by atoms with Crippen LogP contribution in [0.25, 0.3) is 22.0 Å². The van der Waals surface area contributed by atoms with Crippen molar-refractivity contribution in [1.29, 1.82) is 0 Å². The van der Waals surface area contributed by atoms with Crippen LogP contribution >= 0.6 is 0 Å². The summed E-state index contributed by atoms with van der Waals surface area (Å²) in [6, 6.07) is 11.6. The first-order valence-corrected chi connectivity index (χ1v) is 12.9. The normalized spacial score (nSPS) is 16.0. The molecule has 0 atom stereocenters. The monoisotopic (exact) mass is 495 g/mol. The smallest absolute Gasteiger partial charge is 0.276 e. The number of H-pyrrole nitrogens is 1. The third-order valence-corrected chi connectivity index (χ3v) is 7.21. The lowest BCUT2D eigenvalue weighted by Gasteiger charge is -2.30. The van der Waals surface area contributed by atoms with Gasteiger partial charge in [0.15, 0.2) is 5.69 Å². The molecule has 37 heavy (non-hydrogen) atoms. The van der Waals surface area contributed by atoms with E-state index in [-0.39, 0.29) is 17.9 Å².